The van der Waals surface area contributed by atoms with Gasteiger partial charge in [-0.15, -0.1) is 0 Å². The summed E-state index contributed by atoms with van der Waals surface area (Å²) in [6, 6.07) is 15.7. The standard InChI is InChI=1S/C18H21ClFN/c1-3-7-18(14-8-5-4-6-9-14)21-13(2)15-10-11-17(20)16(19)12-15/h4-6,8-13,18,21H,3,7H2,1-2H3. The minimum atomic E-state index is -0.374. The second-order valence-electron chi connectivity index (χ2n) is 5.31. The monoisotopic (exact) mass is 305 g/mol. The van der Waals surface area contributed by atoms with Gasteiger partial charge in [-0.3, -0.25) is 0 Å². The van der Waals surface area contributed by atoms with Gasteiger partial charge in [-0.25, -0.2) is 4.39 Å². The Morgan fingerprint density at radius 1 is 1.10 bits per heavy atom. The second-order valence-corrected chi connectivity index (χ2v) is 5.72. The van der Waals surface area contributed by atoms with E-state index in [2.05, 4.69) is 43.4 Å². The van der Waals surface area contributed by atoms with Crippen molar-refractivity contribution in [3.63, 3.8) is 0 Å². The summed E-state index contributed by atoms with van der Waals surface area (Å²) in [6.45, 7) is 4.26. The molecule has 0 bridgehead atoms. The highest BCUT2D eigenvalue weighted by Gasteiger charge is 2.15. The summed E-state index contributed by atoms with van der Waals surface area (Å²) in [5, 5.41) is 3.79. The Morgan fingerprint density at radius 3 is 2.43 bits per heavy atom. The Kier molecular flexibility index (Phi) is 5.77. The van der Waals surface area contributed by atoms with E-state index in [0.717, 1.165) is 18.4 Å². The van der Waals surface area contributed by atoms with Crippen molar-refractivity contribution >= 4 is 11.6 Å². The highest BCUT2D eigenvalue weighted by molar-refractivity contribution is 6.30. The van der Waals surface area contributed by atoms with Crippen LogP contribution in [0.25, 0.3) is 0 Å². The quantitative estimate of drug-likeness (QED) is 0.725. The van der Waals surface area contributed by atoms with Crippen LogP contribution in [0, 0.1) is 5.82 Å². The van der Waals surface area contributed by atoms with E-state index in [0.29, 0.717) is 0 Å². The van der Waals surface area contributed by atoms with Crippen LogP contribution in [-0.4, -0.2) is 0 Å². The van der Waals surface area contributed by atoms with Gasteiger partial charge in [0, 0.05) is 12.1 Å². The lowest BCUT2D eigenvalue weighted by molar-refractivity contribution is 0.439. The summed E-state index contributed by atoms with van der Waals surface area (Å²) >= 11 is 5.87. The predicted octanol–water partition coefficient (Wildman–Crippen LogP) is 5.67. The number of nitrogens with one attached hydrogen (secondary N) is 1. The largest absolute Gasteiger partial charge is 0.303 e. The van der Waals surface area contributed by atoms with E-state index >= 15 is 0 Å². The lowest BCUT2D eigenvalue weighted by atomic mass is 9.99. The lowest BCUT2D eigenvalue weighted by Crippen LogP contribution is -2.24. The molecule has 0 saturated heterocycles. The summed E-state index contributed by atoms with van der Waals surface area (Å²) in [4.78, 5) is 0. The Labute approximate surface area is 131 Å². The van der Waals surface area contributed by atoms with Gasteiger partial charge < -0.3 is 5.32 Å². The van der Waals surface area contributed by atoms with E-state index in [1.807, 2.05) is 6.07 Å². The maximum Gasteiger partial charge on any atom is 0.141 e. The highest BCUT2D eigenvalue weighted by Crippen LogP contribution is 2.25. The Hall–Kier alpha value is -1.38. The van der Waals surface area contributed by atoms with Crippen molar-refractivity contribution in [3.05, 3.63) is 70.5 Å². The first-order valence-electron chi connectivity index (χ1n) is 7.37. The fourth-order valence-electron chi connectivity index (χ4n) is 2.50. The molecule has 0 aromatic heterocycles. The van der Waals surface area contributed by atoms with Crippen LogP contribution >= 0.6 is 11.6 Å². The van der Waals surface area contributed by atoms with Gasteiger partial charge in [0.2, 0.25) is 0 Å². The van der Waals surface area contributed by atoms with Crippen molar-refractivity contribution in [3.8, 4) is 0 Å². The molecule has 2 rings (SSSR count). The first-order chi connectivity index (χ1) is 10.1. The second kappa shape index (κ2) is 7.58. The van der Waals surface area contributed by atoms with Gasteiger partial charge >= 0.3 is 0 Å². The predicted molar refractivity (Wildman–Crippen MR) is 87.1 cm³/mol. The Balaban J connectivity index is 2.14. The average molecular weight is 306 g/mol. The number of hydrogen-bond donors (Lipinski definition) is 1. The molecule has 2 unspecified atom stereocenters. The average Bonchev–Trinajstić information content (AvgIpc) is 2.50. The van der Waals surface area contributed by atoms with E-state index in [1.54, 1.807) is 12.1 Å². The van der Waals surface area contributed by atoms with E-state index < -0.39 is 0 Å². The SMILES string of the molecule is CCCC(NC(C)c1ccc(F)c(Cl)c1)c1ccccc1. The first kappa shape index (κ1) is 16.0. The van der Waals surface area contributed by atoms with Gasteiger partial charge in [-0.05, 0) is 36.6 Å². The van der Waals surface area contributed by atoms with Crippen LogP contribution in [0.4, 0.5) is 4.39 Å². The molecule has 1 nitrogen and oxygen atoms in total. The van der Waals surface area contributed by atoms with Crippen LogP contribution in [0.1, 0.15) is 49.9 Å². The van der Waals surface area contributed by atoms with E-state index in [1.165, 1.54) is 11.6 Å². The maximum absolute atomic E-state index is 13.3. The van der Waals surface area contributed by atoms with Crippen LogP contribution in [0.15, 0.2) is 48.5 Å². The van der Waals surface area contributed by atoms with E-state index in [4.69, 9.17) is 11.6 Å². The minimum absolute atomic E-state index is 0.111. The molecular weight excluding hydrogens is 285 g/mol. The zero-order valence-electron chi connectivity index (χ0n) is 12.4. The molecule has 2 aromatic rings. The molecule has 2 atom stereocenters. The van der Waals surface area contributed by atoms with E-state index in [9.17, 15) is 4.39 Å². The summed E-state index contributed by atoms with van der Waals surface area (Å²) < 4.78 is 13.3. The molecule has 0 aliphatic heterocycles. The van der Waals surface area contributed by atoms with Gasteiger partial charge in [-0.2, -0.15) is 0 Å². The van der Waals surface area contributed by atoms with Gasteiger partial charge in [0.05, 0.1) is 5.02 Å². The third-order valence-electron chi connectivity index (χ3n) is 3.67. The number of benzene rings is 2. The summed E-state index contributed by atoms with van der Waals surface area (Å²) in [5.41, 5.74) is 2.28. The molecule has 112 valence electrons. The van der Waals surface area contributed by atoms with Gasteiger partial charge in [-0.1, -0.05) is 61.3 Å². The van der Waals surface area contributed by atoms with Gasteiger partial charge in [0.15, 0.2) is 0 Å². The van der Waals surface area contributed by atoms with Crippen molar-refractivity contribution in [2.45, 2.75) is 38.8 Å². The number of hydrogen-bond acceptors (Lipinski definition) is 1. The zero-order valence-corrected chi connectivity index (χ0v) is 13.2. The molecule has 2 aromatic carbocycles. The van der Waals surface area contributed by atoms with Crippen LogP contribution in [0.3, 0.4) is 0 Å². The topological polar surface area (TPSA) is 12.0 Å². The summed E-state index contributed by atoms with van der Waals surface area (Å²) in [7, 11) is 0. The van der Waals surface area contributed by atoms with Crippen molar-refractivity contribution in [1.29, 1.82) is 0 Å². The molecule has 0 radical (unpaired) electrons. The fraction of sp³-hybridized carbons (Fsp3) is 0.333. The molecule has 0 spiro atoms. The van der Waals surface area contributed by atoms with Gasteiger partial charge in [0.25, 0.3) is 0 Å². The van der Waals surface area contributed by atoms with Crippen LogP contribution < -0.4 is 5.32 Å². The normalized spacial score (nSPS) is 13.9. The number of halogens is 2. The van der Waals surface area contributed by atoms with E-state index in [-0.39, 0.29) is 22.9 Å². The third-order valence-corrected chi connectivity index (χ3v) is 3.96. The Morgan fingerprint density at radius 2 is 1.81 bits per heavy atom. The van der Waals surface area contributed by atoms with Crippen molar-refractivity contribution in [1.82, 2.24) is 5.32 Å². The summed E-state index contributed by atoms with van der Waals surface area (Å²) in [6.07, 6.45) is 2.16. The van der Waals surface area contributed by atoms with Crippen LogP contribution in [-0.2, 0) is 0 Å². The molecule has 0 aliphatic carbocycles. The summed E-state index contributed by atoms with van der Waals surface area (Å²) in [5.74, 6) is -0.374. The molecule has 0 amide bonds. The number of rotatable bonds is 6. The van der Waals surface area contributed by atoms with Crippen molar-refractivity contribution in [2.24, 2.45) is 0 Å². The van der Waals surface area contributed by atoms with Crippen LogP contribution in [0.5, 0.6) is 0 Å². The molecule has 0 fully saturated rings. The van der Waals surface area contributed by atoms with Crippen molar-refractivity contribution < 1.29 is 4.39 Å². The molecule has 0 heterocycles. The smallest absolute Gasteiger partial charge is 0.141 e. The Bertz CT molecular complexity index is 571. The van der Waals surface area contributed by atoms with Crippen LogP contribution in [0.2, 0.25) is 5.02 Å². The van der Waals surface area contributed by atoms with Crippen molar-refractivity contribution in [2.75, 3.05) is 0 Å². The van der Waals surface area contributed by atoms with Gasteiger partial charge in [0.1, 0.15) is 5.82 Å². The maximum atomic E-state index is 13.3. The molecule has 21 heavy (non-hydrogen) atoms. The minimum Gasteiger partial charge on any atom is -0.303 e. The molecule has 3 heteroatoms. The highest BCUT2D eigenvalue weighted by atomic mass is 35.5. The fourth-order valence-corrected chi connectivity index (χ4v) is 2.69. The zero-order chi connectivity index (χ0) is 15.2. The third kappa shape index (κ3) is 4.29. The molecule has 0 aliphatic rings. The lowest BCUT2D eigenvalue weighted by Gasteiger charge is -2.24. The first-order valence-corrected chi connectivity index (χ1v) is 7.75. The molecular formula is C18H21ClFN. The molecule has 0 saturated carbocycles. The molecule has 1 N–H and O–H groups in total.